The zero-order chi connectivity index (χ0) is 16.6. The summed E-state index contributed by atoms with van der Waals surface area (Å²) in [5.41, 5.74) is 5.39. The molecule has 0 aromatic heterocycles. The van der Waals surface area contributed by atoms with Gasteiger partial charge in [0.2, 0.25) is 5.91 Å². The van der Waals surface area contributed by atoms with Crippen molar-refractivity contribution in [1.82, 2.24) is 5.32 Å². The highest BCUT2D eigenvalue weighted by Crippen LogP contribution is 2.14. The Bertz CT molecular complexity index is 510. The Morgan fingerprint density at radius 3 is 2.35 bits per heavy atom. The molecular formula is C15H21ClF2N2O3. The van der Waals surface area contributed by atoms with E-state index in [-0.39, 0.29) is 31.0 Å². The summed E-state index contributed by atoms with van der Waals surface area (Å²) in [7, 11) is 1.53. The van der Waals surface area contributed by atoms with Gasteiger partial charge in [0.05, 0.1) is 20.2 Å². The molecule has 0 spiro atoms. The molecule has 3 N–H and O–H groups in total. The number of hydrogen-bond acceptors (Lipinski definition) is 4. The number of rotatable bonds is 9. The number of methoxy groups -OCH3 is 1. The maximum Gasteiger partial charge on any atom is 0.277 e. The van der Waals surface area contributed by atoms with E-state index in [2.05, 4.69) is 5.32 Å². The van der Waals surface area contributed by atoms with Crippen molar-refractivity contribution in [3.05, 3.63) is 29.8 Å². The average Bonchev–Trinajstić information content (AvgIpc) is 2.53. The summed E-state index contributed by atoms with van der Waals surface area (Å²) in [6.07, 6.45) is 0.487. The fourth-order valence-corrected chi connectivity index (χ4v) is 1.72. The van der Waals surface area contributed by atoms with Gasteiger partial charge in [-0.3, -0.25) is 9.59 Å². The Morgan fingerprint density at radius 2 is 1.83 bits per heavy atom. The van der Waals surface area contributed by atoms with E-state index in [1.807, 2.05) is 0 Å². The number of hydrogen-bond donors (Lipinski definition) is 2. The topological polar surface area (TPSA) is 81.4 Å². The van der Waals surface area contributed by atoms with E-state index in [1.165, 1.54) is 7.11 Å². The van der Waals surface area contributed by atoms with Crippen LogP contribution in [0.25, 0.3) is 0 Å². The van der Waals surface area contributed by atoms with Crippen molar-refractivity contribution in [1.29, 1.82) is 0 Å². The van der Waals surface area contributed by atoms with Gasteiger partial charge in [0.25, 0.3) is 5.92 Å². The molecule has 1 amide bonds. The Morgan fingerprint density at radius 1 is 1.22 bits per heavy atom. The van der Waals surface area contributed by atoms with Crippen LogP contribution < -0.4 is 15.8 Å². The van der Waals surface area contributed by atoms with Crippen LogP contribution in [0.2, 0.25) is 0 Å². The van der Waals surface area contributed by atoms with E-state index in [0.717, 1.165) is 0 Å². The van der Waals surface area contributed by atoms with Gasteiger partial charge >= 0.3 is 0 Å². The minimum absolute atomic E-state index is 0. The molecule has 0 bridgehead atoms. The Balaban J connectivity index is 0.00000484. The number of alkyl halides is 2. The lowest BCUT2D eigenvalue weighted by Crippen LogP contribution is -2.41. The van der Waals surface area contributed by atoms with Crippen molar-refractivity contribution in [3.8, 4) is 5.75 Å². The maximum absolute atomic E-state index is 12.8. The number of nitrogens with two attached hydrogens (primary N) is 1. The molecule has 1 aromatic carbocycles. The van der Waals surface area contributed by atoms with Gasteiger partial charge in [-0.1, -0.05) is 0 Å². The summed E-state index contributed by atoms with van der Waals surface area (Å²) < 4.78 is 30.7. The number of amides is 1. The van der Waals surface area contributed by atoms with E-state index in [9.17, 15) is 18.4 Å². The van der Waals surface area contributed by atoms with Crippen LogP contribution in [0.4, 0.5) is 8.78 Å². The fourth-order valence-electron chi connectivity index (χ4n) is 1.72. The van der Waals surface area contributed by atoms with Crippen molar-refractivity contribution >= 4 is 24.1 Å². The zero-order valence-corrected chi connectivity index (χ0v) is 13.6. The van der Waals surface area contributed by atoms with Crippen LogP contribution >= 0.6 is 12.4 Å². The number of ether oxygens (including phenoxy) is 1. The molecule has 0 unspecified atom stereocenters. The maximum atomic E-state index is 12.8. The molecule has 0 fully saturated rings. The number of ketones is 1. The quantitative estimate of drug-likeness (QED) is 0.669. The third-order valence-electron chi connectivity index (χ3n) is 3.06. The lowest BCUT2D eigenvalue weighted by atomic mass is 10.1. The highest BCUT2D eigenvalue weighted by Gasteiger charge is 2.26. The molecule has 0 atom stereocenters. The summed E-state index contributed by atoms with van der Waals surface area (Å²) >= 11 is 0. The molecule has 0 aliphatic carbocycles. The van der Waals surface area contributed by atoms with E-state index in [0.29, 0.717) is 17.7 Å². The molecule has 1 rings (SSSR count). The Labute approximate surface area is 140 Å². The summed E-state index contributed by atoms with van der Waals surface area (Å²) in [5.74, 6) is -3.08. The monoisotopic (exact) mass is 350 g/mol. The van der Waals surface area contributed by atoms with Crippen molar-refractivity contribution < 1.29 is 23.1 Å². The fraction of sp³-hybridized carbons (Fsp3) is 0.467. The second-order valence-electron chi connectivity index (χ2n) is 4.84. The van der Waals surface area contributed by atoms with Gasteiger partial charge in [-0.15, -0.1) is 12.4 Å². The number of Topliss-reactive ketones (excluding diaryl/α,β-unsaturated/α-hetero) is 1. The lowest BCUT2D eigenvalue weighted by Gasteiger charge is -2.14. The largest absolute Gasteiger partial charge is 0.497 e. The summed E-state index contributed by atoms with van der Waals surface area (Å²) in [6, 6.07) is 6.63. The molecule has 0 aliphatic rings. The smallest absolute Gasteiger partial charge is 0.277 e. The zero-order valence-electron chi connectivity index (χ0n) is 12.8. The summed E-state index contributed by atoms with van der Waals surface area (Å²) in [5, 5.41) is 2.11. The van der Waals surface area contributed by atoms with Crippen molar-refractivity contribution in [2.45, 2.75) is 25.2 Å². The van der Waals surface area contributed by atoms with Crippen molar-refractivity contribution in [3.63, 3.8) is 0 Å². The van der Waals surface area contributed by atoms with E-state index < -0.39 is 24.9 Å². The number of nitrogens with one attached hydrogen (secondary N) is 1. The van der Waals surface area contributed by atoms with Gasteiger partial charge in [-0.05, 0) is 30.7 Å². The predicted molar refractivity (Wildman–Crippen MR) is 85.4 cm³/mol. The molecule has 0 aliphatic heterocycles. The van der Waals surface area contributed by atoms with Crippen LogP contribution in [-0.4, -0.2) is 37.8 Å². The predicted octanol–water partition coefficient (Wildman–Crippen LogP) is 2.18. The van der Waals surface area contributed by atoms with Crippen LogP contribution in [0, 0.1) is 0 Å². The highest BCUT2D eigenvalue weighted by molar-refractivity contribution is 5.96. The van der Waals surface area contributed by atoms with Gasteiger partial charge in [0.1, 0.15) is 5.75 Å². The first-order valence-corrected chi connectivity index (χ1v) is 6.90. The van der Waals surface area contributed by atoms with Gasteiger partial charge in [-0.2, -0.15) is 0 Å². The Hall–Kier alpha value is -1.73. The van der Waals surface area contributed by atoms with Crippen LogP contribution in [0.15, 0.2) is 24.3 Å². The third kappa shape index (κ3) is 7.90. The third-order valence-corrected chi connectivity index (χ3v) is 3.06. The number of carbonyl (C=O) groups excluding carboxylic acids is 2. The molecule has 0 radical (unpaired) electrons. The highest BCUT2D eigenvalue weighted by atomic mass is 35.5. The molecule has 0 heterocycles. The first-order valence-electron chi connectivity index (χ1n) is 6.90. The van der Waals surface area contributed by atoms with Crippen LogP contribution in [0.1, 0.15) is 29.6 Å². The van der Waals surface area contributed by atoms with Crippen LogP contribution in [-0.2, 0) is 4.79 Å². The first-order chi connectivity index (χ1) is 10.4. The second-order valence-corrected chi connectivity index (χ2v) is 4.84. The molecule has 0 saturated heterocycles. The van der Waals surface area contributed by atoms with Gasteiger partial charge in [-0.25, -0.2) is 8.78 Å². The van der Waals surface area contributed by atoms with Crippen LogP contribution in [0.3, 0.4) is 0 Å². The van der Waals surface area contributed by atoms with E-state index >= 15 is 0 Å². The Kier molecular flexibility index (Phi) is 9.36. The summed E-state index contributed by atoms with van der Waals surface area (Å²) in [4.78, 5) is 23.3. The minimum Gasteiger partial charge on any atom is -0.497 e. The minimum atomic E-state index is -3.10. The SMILES string of the molecule is COc1ccc(C(=O)CCCC(=O)NCC(F)(F)CN)cc1.Cl. The molecule has 0 saturated carbocycles. The number of halogens is 3. The van der Waals surface area contributed by atoms with Gasteiger partial charge < -0.3 is 15.8 Å². The van der Waals surface area contributed by atoms with Crippen LogP contribution in [0.5, 0.6) is 5.75 Å². The number of benzene rings is 1. The van der Waals surface area contributed by atoms with Gasteiger partial charge in [0.15, 0.2) is 5.78 Å². The van der Waals surface area contributed by atoms with Crippen molar-refractivity contribution in [2.75, 3.05) is 20.2 Å². The number of carbonyl (C=O) groups is 2. The molecular weight excluding hydrogens is 330 g/mol. The molecule has 8 heteroatoms. The van der Waals surface area contributed by atoms with Crippen molar-refractivity contribution in [2.24, 2.45) is 5.73 Å². The van der Waals surface area contributed by atoms with E-state index in [1.54, 1.807) is 24.3 Å². The average molecular weight is 351 g/mol. The first kappa shape index (κ1) is 21.3. The molecule has 5 nitrogen and oxygen atoms in total. The molecule has 1 aromatic rings. The lowest BCUT2D eigenvalue weighted by molar-refractivity contribution is -0.122. The van der Waals surface area contributed by atoms with Gasteiger partial charge in [0, 0.05) is 18.4 Å². The second kappa shape index (κ2) is 10.1. The molecule has 23 heavy (non-hydrogen) atoms. The normalized spacial score (nSPS) is 10.6. The standard InChI is InChI=1S/C15H20F2N2O3.ClH/c1-22-12-7-5-11(6-8-12)13(20)3-2-4-14(21)19-10-15(16,17)9-18;/h5-8H,2-4,9-10,18H2,1H3,(H,19,21);1H. The molecule has 130 valence electrons. The summed E-state index contributed by atoms with van der Waals surface area (Å²) in [6.45, 7) is -1.60. The van der Waals surface area contributed by atoms with E-state index in [4.69, 9.17) is 10.5 Å².